The van der Waals surface area contributed by atoms with Gasteiger partial charge in [-0.05, 0) is 41.6 Å². The molecule has 0 atom stereocenters. The fourth-order valence-corrected chi connectivity index (χ4v) is 2.88. The van der Waals surface area contributed by atoms with E-state index in [0.29, 0.717) is 16.7 Å². The number of nitrogens with zero attached hydrogens (tertiary/aromatic N) is 1. The van der Waals surface area contributed by atoms with Gasteiger partial charge in [0.2, 0.25) is 5.91 Å². The number of nitrogens with one attached hydrogen (secondary N) is 1. The molecule has 1 aromatic heterocycles. The van der Waals surface area contributed by atoms with Gasteiger partial charge in [-0.3, -0.25) is 4.79 Å². The first kappa shape index (κ1) is 15.0. The van der Waals surface area contributed by atoms with Crippen molar-refractivity contribution in [2.75, 3.05) is 5.32 Å². The molecule has 1 N–H and O–H groups in total. The van der Waals surface area contributed by atoms with Gasteiger partial charge in [0.05, 0.1) is 5.39 Å². The summed E-state index contributed by atoms with van der Waals surface area (Å²) in [5.74, 6) is -0.363. The third-order valence-electron chi connectivity index (χ3n) is 3.00. The number of para-hydroxylation sites is 1. The van der Waals surface area contributed by atoms with Crippen LogP contribution in [0, 0.1) is 0 Å². The van der Waals surface area contributed by atoms with Crippen LogP contribution in [-0.2, 0) is 14.9 Å². The standard InChI is InChI=1S/C15H12N2O5S/c1-10(18)16-11-6-8-12(9-7-11)23(19,20)22-15-13-4-2-3-5-14(13)21-17-15/h2-9H,1H3,(H,16,18). The predicted octanol–water partition coefficient (Wildman–Crippen LogP) is 2.55. The predicted molar refractivity (Wildman–Crippen MR) is 82.6 cm³/mol. The summed E-state index contributed by atoms with van der Waals surface area (Å²) in [6.45, 7) is 1.36. The Balaban J connectivity index is 1.88. The maximum atomic E-state index is 12.3. The van der Waals surface area contributed by atoms with Crippen LogP contribution in [0.3, 0.4) is 0 Å². The lowest BCUT2D eigenvalue weighted by Crippen LogP contribution is -2.11. The third-order valence-corrected chi connectivity index (χ3v) is 4.22. The molecular formula is C15H12N2O5S. The number of carbonyl (C=O) groups is 1. The van der Waals surface area contributed by atoms with Gasteiger partial charge < -0.3 is 14.0 Å². The zero-order chi connectivity index (χ0) is 16.4. The number of benzene rings is 2. The van der Waals surface area contributed by atoms with Crippen LogP contribution in [0.4, 0.5) is 5.69 Å². The smallest absolute Gasteiger partial charge is 0.340 e. The summed E-state index contributed by atoms with van der Waals surface area (Å²) >= 11 is 0. The van der Waals surface area contributed by atoms with Gasteiger partial charge in [-0.25, -0.2) is 0 Å². The topological polar surface area (TPSA) is 98.5 Å². The van der Waals surface area contributed by atoms with Crippen LogP contribution in [0.2, 0.25) is 0 Å². The van der Waals surface area contributed by atoms with Crippen molar-refractivity contribution in [1.82, 2.24) is 5.16 Å². The lowest BCUT2D eigenvalue weighted by Gasteiger charge is -2.06. The van der Waals surface area contributed by atoms with Gasteiger partial charge in [-0.1, -0.05) is 12.1 Å². The van der Waals surface area contributed by atoms with Crippen LogP contribution in [0.1, 0.15) is 6.92 Å². The van der Waals surface area contributed by atoms with E-state index in [4.69, 9.17) is 8.71 Å². The highest BCUT2D eigenvalue weighted by Crippen LogP contribution is 2.27. The van der Waals surface area contributed by atoms with E-state index in [9.17, 15) is 13.2 Å². The van der Waals surface area contributed by atoms with Crippen LogP contribution in [-0.4, -0.2) is 19.5 Å². The zero-order valence-corrected chi connectivity index (χ0v) is 12.8. The number of fused-ring (bicyclic) bond motifs is 1. The van der Waals surface area contributed by atoms with Crippen LogP contribution in [0.15, 0.2) is 57.9 Å². The molecular weight excluding hydrogens is 320 g/mol. The molecule has 0 saturated heterocycles. The maximum absolute atomic E-state index is 12.3. The van der Waals surface area contributed by atoms with Gasteiger partial charge in [0.25, 0.3) is 5.88 Å². The molecule has 0 radical (unpaired) electrons. The first-order valence-corrected chi connectivity index (χ1v) is 8.03. The molecule has 0 unspecified atom stereocenters. The van der Waals surface area contributed by atoms with Crippen molar-refractivity contribution in [2.24, 2.45) is 0 Å². The summed E-state index contributed by atoms with van der Waals surface area (Å²) in [4.78, 5) is 10.9. The number of amides is 1. The second-order valence-electron chi connectivity index (χ2n) is 4.73. The van der Waals surface area contributed by atoms with Crippen molar-refractivity contribution in [3.63, 3.8) is 0 Å². The Morgan fingerprint density at radius 1 is 1.13 bits per heavy atom. The van der Waals surface area contributed by atoms with E-state index in [2.05, 4.69) is 10.5 Å². The van der Waals surface area contributed by atoms with Crippen LogP contribution >= 0.6 is 0 Å². The molecule has 1 heterocycles. The summed E-state index contributed by atoms with van der Waals surface area (Å²) in [6.07, 6.45) is 0. The summed E-state index contributed by atoms with van der Waals surface area (Å²) in [7, 11) is -4.06. The lowest BCUT2D eigenvalue weighted by atomic mass is 10.3. The van der Waals surface area contributed by atoms with Crippen molar-refractivity contribution in [2.45, 2.75) is 11.8 Å². The Kier molecular flexibility index (Phi) is 3.75. The first-order valence-electron chi connectivity index (χ1n) is 6.62. The van der Waals surface area contributed by atoms with E-state index < -0.39 is 10.1 Å². The zero-order valence-electron chi connectivity index (χ0n) is 12.0. The Labute approximate surface area is 132 Å². The average Bonchev–Trinajstić information content (AvgIpc) is 2.90. The number of rotatable bonds is 4. The summed E-state index contributed by atoms with van der Waals surface area (Å²) in [5.41, 5.74) is 0.919. The summed E-state index contributed by atoms with van der Waals surface area (Å²) in [5, 5.41) is 6.64. The van der Waals surface area contributed by atoms with Crippen LogP contribution in [0.25, 0.3) is 11.0 Å². The van der Waals surface area contributed by atoms with Gasteiger partial charge in [-0.2, -0.15) is 8.42 Å². The molecule has 2 aromatic carbocycles. The average molecular weight is 332 g/mol. The molecule has 3 aromatic rings. The number of anilines is 1. The van der Waals surface area contributed by atoms with Gasteiger partial charge in [-0.15, -0.1) is 0 Å². The number of carbonyl (C=O) groups excluding carboxylic acids is 1. The highest BCUT2D eigenvalue weighted by Gasteiger charge is 2.20. The first-order chi connectivity index (χ1) is 11.0. The van der Waals surface area contributed by atoms with Crippen molar-refractivity contribution in [3.8, 4) is 5.88 Å². The molecule has 0 bridgehead atoms. The summed E-state index contributed by atoms with van der Waals surface area (Å²) in [6, 6.07) is 12.4. The van der Waals surface area contributed by atoms with Crippen molar-refractivity contribution in [1.29, 1.82) is 0 Å². The minimum Gasteiger partial charge on any atom is -0.354 e. The molecule has 0 saturated carbocycles. The van der Waals surface area contributed by atoms with E-state index in [-0.39, 0.29) is 16.7 Å². The quantitative estimate of drug-likeness (QED) is 0.737. The SMILES string of the molecule is CC(=O)Nc1ccc(S(=O)(=O)Oc2noc3ccccc23)cc1. The van der Waals surface area contributed by atoms with Crippen molar-refractivity contribution < 1.29 is 21.9 Å². The molecule has 0 aliphatic heterocycles. The summed E-state index contributed by atoms with van der Waals surface area (Å²) < 4.78 is 34.6. The minimum absolute atomic E-state index is 0.0568. The highest BCUT2D eigenvalue weighted by atomic mass is 32.2. The molecule has 0 aliphatic carbocycles. The Morgan fingerprint density at radius 2 is 1.83 bits per heavy atom. The van der Waals surface area contributed by atoms with E-state index in [1.165, 1.54) is 31.2 Å². The second-order valence-corrected chi connectivity index (χ2v) is 6.27. The number of hydrogen-bond acceptors (Lipinski definition) is 6. The molecule has 118 valence electrons. The highest BCUT2D eigenvalue weighted by molar-refractivity contribution is 7.87. The largest absolute Gasteiger partial charge is 0.354 e. The van der Waals surface area contributed by atoms with Gasteiger partial charge in [0, 0.05) is 12.6 Å². The van der Waals surface area contributed by atoms with Crippen molar-refractivity contribution >= 4 is 32.7 Å². The minimum atomic E-state index is -4.06. The molecule has 7 nitrogen and oxygen atoms in total. The van der Waals surface area contributed by atoms with Gasteiger partial charge >= 0.3 is 10.1 Å². The molecule has 0 fully saturated rings. The fraction of sp³-hybridized carbons (Fsp3) is 0.0667. The molecule has 23 heavy (non-hydrogen) atoms. The van der Waals surface area contributed by atoms with Crippen LogP contribution in [0.5, 0.6) is 5.88 Å². The molecule has 0 spiro atoms. The second kappa shape index (κ2) is 5.73. The maximum Gasteiger partial charge on any atom is 0.340 e. The molecule has 0 aliphatic rings. The van der Waals surface area contributed by atoms with Crippen LogP contribution < -0.4 is 9.50 Å². The van der Waals surface area contributed by atoms with Crippen molar-refractivity contribution in [3.05, 3.63) is 48.5 Å². The van der Waals surface area contributed by atoms with E-state index in [1.807, 2.05) is 0 Å². The normalized spacial score (nSPS) is 11.3. The van der Waals surface area contributed by atoms with E-state index in [1.54, 1.807) is 24.3 Å². The van der Waals surface area contributed by atoms with Gasteiger partial charge in [0.1, 0.15) is 4.90 Å². The number of aromatic nitrogens is 1. The Morgan fingerprint density at radius 3 is 2.52 bits per heavy atom. The van der Waals surface area contributed by atoms with Gasteiger partial charge in [0.15, 0.2) is 5.58 Å². The number of hydrogen-bond donors (Lipinski definition) is 1. The lowest BCUT2D eigenvalue weighted by molar-refractivity contribution is -0.114. The molecule has 1 amide bonds. The Bertz CT molecular complexity index is 961. The Hall–Kier alpha value is -2.87. The van der Waals surface area contributed by atoms with E-state index in [0.717, 1.165) is 0 Å². The molecule has 8 heteroatoms. The fourth-order valence-electron chi connectivity index (χ4n) is 1.98. The monoisotopic (exact) mass is 332 g/mol. The molecule has 3 rings (SSSR count). The third kappa shape index (κ3) is 3.16. The van der Waals surface area contributed by atoms with E-state index >= 15 is 0 Å².